The van der Waals surface area contributed by atoms with Gasteiger partial charge in [-0.05, 0) is 50.1 Å². The van der Waals surface area contributed by atoms with Crippen LogP contribution in [0.5, 0.6) is 5.75 Å². The summed E-state index contributed by atoms with van der Waals surface area (Å²) in [6.07, 6.45) is 0. The number of aromatic hydroxyl groups is 1. The first kappa shape index (κ1) is 13.4. The van der Waals surface area contributed by atoms with Crippen LogP contribution in [-0.2, 0) is 0 Å². The van der Waals surface area contributed by atoms with Crippen molar-refractivity contribution in [2.45, 2.75) is 20.8 Å². The van der Waals surface area contributed by atoms with Crippen LogP contribution < -0.4 is 5.56 Å². The second-order valence-corrected chi connectivity index (χ2v) is 5.22. The molecule has 0 aliphatic heterocycles. The van der Waals surface area contributed by atoms with Crippen LogP contribution in [0.25, 0.3) is 16.6 Å². The molecular weight excluding hydrogens is 264 g/mol. The SMILES string of the molecule is Cc1ccc2c(=O)n(-c3cccc(O)c3)c(C)nc2c1C. The van der Waals surface area contributed by atoms with Crippen LogP contribution in [0.1, 0.15) is 17.0 Å². The predicted octanol–water partition coefficient (Wildman–Crippen LogP) is 3.02. The van der Waals surface area contributed by atoms with Crippen molar-refractivity contribution in [2.75, 3.05) is 0 Å². The topological polar surface area (TPSA) is 55.1 Å². The molecule has 0 unspecified atom stereocenters. The lowest BCUT2D eigenvalue weighted by Gasteiger charge is -2.13. The second-order valence-electron chi connectivity index (χ2n) is 5.22. The fourth-order valence-electron chi connectivity index (χ4n) is 2.53. The molecule has 4 heteroatoms. The first-order chi connectivity index (χ1) is 9.99. The first-order valence-corrected chi connectivity index (χ1v) is 6.78. The number of phenolic OH excluding ortho intramolecular Hbond substituents is 1. The fourth-order valence-corrected chi connectivity index (χ4v) is 2.53. The minimum atomic E-state index is -0.119. The maximum atomic E-state index is 12.8. The van der Waals surface area contributed by atoms with Crippen LogP contribution >= 0.6 is 0 Å². The first-order valence-electron chi connectivity index (χ1n) is 6.78. The minimum absolute atomic E-state index is 0.119. The number of aromatic nitrogens is 2. The molecule has 1 N–H and O–H groups in total. The van der Waals surface area contributed by atoms with E-state index in [1.165, 1.54) is 4.57 Å². The quantitative estimate of drug-likeness (QED) is 0.745. The molecule has 3 aromatic rings. The van der Waals surface area contributed by atoms with Crippen LogP contribution in [0.15, 0.2) is 41.2 Å². The van der Waals surface area contributed by atoms with E-state index in [4.69, 9.17) is 0 Å². The van der Waals surface area contributed by atoms with Gasteiger partial charge in [0, 0.05) is 6.07 Å². The monoisotopic (exact) mass is 280 g/mol. The Hall–Kier alpha value is -2.62. The predicted molar refractivity (Wildman–Crippen MR) is 83.2 cm³/mol. The lowest BCUT2D eigenvalue weighted by atomic mass is 10.1. The molecule has 0 spiro atoms. The molecule has 3 rings (SSSR count). The van der Waals surface area contributed by atoms with Crippen molar-refractivity contribution in [1.82, 2.24) is 9.55 Å². The van der Waals surface area contributed by atoms with Gasteiger partial charge < -0.3 is 5.11 Å². The molecule has 0 aliphatic rings. The van der Waals surface area contributed by atoms with E-state index >= 15 is 0 Å². The Balaban J connectivity index is 2.41. The van der Waals surface area contributed by atoms with Gasteiger partial charge >= 0.3 is 0 Å². The summed E-state index contributed by atoms with van der Waals surface area (Å²) < 4.78 is 1.52. The minimum Gasteiger partial charge on any atom is -0.508 e. The van der Waals surface area contributed by atoms with Gasteiger partial charge in [-0.15, -0.1) is 0 Å². The zero-order chi connectivity index (χ0) is 15.1. The molecule has 0 atom stereocenters. The molecule has 0 bridgehead atoms. The van der Waals surface area contributed by atoms with Crippen molar-refractivity contribution in [2.24, 2.45) is 0 Å². The number of fused-ring (bicyclic) bond motifs is 1. The number of hydrogen-bond acceptors (Lipinski definition) is 3. The average molecular weight is 280 g/mol. The highest BCUT2D eigenvalue weighted by molar-refractivity contribution is 5.82. The molecule has 0 saturated carbocycles. The number of hydrogen-bond donors (Lipinski definition) is 1. The Morgan fingerprint density at radius 3 is 2.57 bits per heavy atom. The Morgan fingerprint density at radius 1 is 1.10 bits per heavy atom. The summed E-state index contributed by atoms with van der Waals surface area (Å²) in [7, 11) is 0. The van der Waals surface area contributed by atoms with Gasteiger partial charge in [0.25, 0.3) is 5.56 Å². The van der Waals surface area contributed by atoms with Gasteiger partial charge in [0.2, 0.25) is 0 Å². The highest BCUT2D eigenvalue weighted by Crippen LogP contribution is 2.20. The smallest absolute Gasteiger partial charge is 0.265 e. The molecule has 1 heterocycles. The van der Waals surface area contributed by atoms with Gasteiger partial charge in [-0.3, -0.25) is 9.36 Å². The van der Waals surface area contributed by atoms with Gasteiger partial charge in [0.05, 0.1) is 16.6 Å². The molecule has 0 amide bonds. The zero-order valence-electron chi connectivity index (χ0n) is 12.2. The van der Waals surface area contributed by atoms with Crippen LogP contribution in [0.2, 0.25) is 0 Å². The maximum Gasteiger partial charge on any atom is 0.265 e. The molecule has 4 nitrogen and oxygen atoms in total. The van der Waals surface area contributed by atoms with Crippen LogP contribution in [0, 0.1) is 20.8 Å². The summed E-state index contributed by atoms with van der Waals surface area (Å²) in [6.45, 7) is 5.78. The van der Waals surface area contributed by atoms with E-state index in [1.807, 2.05) is 26.0 Å². The summed E-state index contributed by atoms with van der Waals surface area (Å²) in [4.78, 5) is 17.4. The van der Waals surface area contributed by atoms with E-state index in [0.717, 1.165) is 16.6 Å². The average Bonchev–Trinajstić information content (AvgIpc) is 2.43. The molecule has 106 valence electrons. The standard InChI is InChI=1S/C17H16N2O2/c1-10-7-8-15-16(11(10)2)18-12(3)19(17(15)21)13-5-4-6-14(20)9-13/h4-9,20H,1-3H3. The van der Waals surface area contributed by atoms with Crippen LogP contribution in [0.4, 0.5) is 0 Å². The number of nitrogens with zero attached hydrogens (tertiary/aromatic N) is 2. The Bertz CT molecular complexity index is 911. The van der Waals surface area contributed by atoms with Crippen LogP contribution in [-0.4, -0.2) is 14.7 Å². The summed E-state index contributed by atoms with van der Waals surface area (Å²) in [5.41, 5.74) is 3.38. The van der Waals surface area contributed by atoms with E-state index in [0.29, 0.717) is 16.9 Å². The molecule has 0 radical (unpaired) electrons. The largest absolute Gasteiger partial charge is 0.508 e. The van der Waals surface area contributed by atoms with Gasteiger partial charge in [-0.25, -0.2) is 4.98 Å². The summed E-state index contributed by atoms with van der Waals surface area (Å²) in [6, 6.07) is 10.4. The van der Waals surface area contributed by atoms with Crippen molar-refractivity contribution in [1.29, 1.82) is 0 Å². The highest BCUT2D eigenvalue weighted by Gasteiger charge is 2.12. The number of aryl methyl sites for hydroxylation is 3. The summed E-state index contributed by atoms with van der Waals surface area (Å²) >= 11 is 0. The normalized spacial score (nSPS) is 11.0. The van der Waals surface area contributed by atoms with E-state index in [1.54, 1.807) is 31.2 Å². The third-order valence-corrected chi connectivity index (χ3v) is 3.82. The Labute approximate surface area is 122 Å². The third kappa shape index (κ3) is 2.09. The molecule has 0 aliphatic carbocycles. The maximum absolute atomic E-state index is 12.8. The number of phenols is 1. The lowest BCUT2D eigenvalue weighted by molar-refractivity contribution is 0.475. The molecule has 0 fully saturated rings. The van der Waals surface area contributed by atoms with Crippen LogP contribution in [0.3, 0.4) is 0 Å². The number of benzene rings is 2. The van der Waals surface area contributed by atoms with E-state index in [-0.39, 0.29) is 11.3 Å². The molecule has 0 saturated heterocycles. The summed E-state index contributed by atoms with van der Waals surface area (Å²) in [5.74, 6) is 0.728. The van der Waals surface area contributed by atoms with Crippen molar-refractivity contribution < 1.29 is 5.11 Å². The fraction of sp³-hybridized carbons (Fsp3) is 0.176. The second kappa shape index (κ2) is 4.74. The van der Waals surface area contributed by atoms with Gasteiger partial charge in [-0.2, -0.15) is 0 Å². The Kier molecular flexibility index (Phi) is 3.01. The zero-order valence-corrected chi connectivity index (χ0v) is 12.2. The van der Waals surface area contributed by atoms with Crippen molar-refractivity contribution in [3.8, 4) is 11.4 Å². The molecular formula is C17H16N2O2. The van der Waals surface area contributed by atoms with Crippen molar-refractivity contribution in [3.63, 3.8) is 0 Å². The molecule has 2 aromatic carbocycles. The van der Waals surface area contributed by atoms with Crippen molar-refractivity contribution >= 4 is 10.9 Å². The Morgan fingerprint density at radius 2 is 1.86 bits per heavy atom. The van der Waals surface area contributed by atoms with E-state index in [9.17, 15) is 9.90 Å². The number of rotatable bonds is 1. The molecule has 1 aromatic heterocycles. The van der Waals surface area contributed by atoms with E-state index < -0.39 is 0 Å². The third-order valence-electron chi connectivity index (χ3n) is 3.82. The molecule has 21 heavy (non-hydrogen) atoms. The van der Waals surface area contributed by atoms with Gasteiger partial charge in [0.15, 0.2) is 0 Å². The highest BCUT2D eigenvalue weighted by atomic mass is 16.3. The van der Waals surface area contributed by atoms with Crippen molar-refractivity contribution in [3.05, 3.63) is 63.7 Å². The van der Waals surface area contributed by atoms with E-state index in [2.05, 4.69) is 4.98 Å². The summed E-state index contributed by atoms with van der Waals surface area (Å²) in [5, 5.41) is 10.2. The van der Waals surface area contributed by atoms with Gasteiger partial charge in [-0.1, -0.05) is 12.1 Å². The van der Waals surface area contributed by atoms with Gasteiger partial charge in [0.1, 0.15) is 11.6 Å². The lowest BCUT2D eigenvalue weighted by Crippen LogP contribution is -2.22.